The van der Waals surface area contributed by atoms with Crippen LogP contribution in [0.3, 0.4) is 0 Å². The minimum Gasteiger partial charge on any atom is -0.492 e. The van der Waals surface area contributed by atoms with Crippen LogP contribution in [-0.2, 0) is 0 Å². The zero-order chi connectivity index (χ0) is 10.7. The molecule has 1 saturated heterocycles. The van der Waals surface area contributed by atoms with Crippen LogP contribution < -0.4 is 10.1 Å². The van der Waals surface area contributed by atoms with Crippen LogP contribution in [0.5, 0.6) is 5.75 Å². The molecule has 0 saturated carbocycles. The first-order valence-corrected chi connectivity index (χ1v) is 5.85. The van der Waals surface area contributed by atoms with Gasteiger partial charge in [0.2, 0.25) is 0 Å². The molecule has 1 aromatic carbocycles. The van der Waals surface area contributed by atoms with E-state index in [1.807, 2.05) is 0 Å². The second-order valence-electron chi connectivity index (χ2n) is 3.71. The largest absolute Gasteiger partial charge is 0.492 e. The van der Waals surface area contributed by atoms with E-state index in [0.29, 0.717) is 22.9 Å². The Labute approximate surface area is 96.9 Å². The molecular weight excluding hydrogens is 261 g/mol. The van der Waals surface area contributed by atoms with E-state index in [-0.39, 0.29) is 5.82 Å². The number of hydrogen-bond acceptors (Lipinski definition) is 2. The lowest BCUT2D eigenvalue weighted by atomic mass is 10.2. The molecule has 15 heavy (non-hydrogen) atoms. The Morgan fingerprint density at radius 2 is 2.33 bits per heavy atom. The summed E-state index contributed by atoms with van der Waals surface area (Å²) in [5.41, 5.74) is 0. The molecule has 82 valence electrons. The molecule has 1 heterocycles. The fraction of sp³-hybridized carbons (Fsp3) is 0.455. The van der Waals surface area contributed by atoms with Gasteiger partial charge in [-0.3, -0.25) is 0 Å². The molecular formula is C11H13BrFNO. The van der Waals surface area contributed by atoms with Gasteiger partial charge in [0.05, 0.1) is 0 Å². The molecule has 2 nitrogen and oxygen atoms in total. The highest BCUT2D eigenvalue weighted by atomic mass is 79.9. The van der Waals surface area contributed by atoms with Gasteiger partial charge in [0.15, 0.2) is 0 Å². The summed E-state index contributed by atoms with van der Waals surface area (Å²) in [6.45, 7) is 1.66. The molecule has 2 rings (SSSR count). The Kier molecular flexibility index (Phi) is 3.59. The smallest absolute Gasteiger partial charge is 0.128 e. The molecule has 4 heteroatoms. The van der Waals surface area contributed by atoms with Crippen LogP contribution in [0.4, 0.5) is 4.39 Å². The van der Waals surface area contributed by atoms with E-state index in [9.17, 15) is 4.39 Å². The van der Waals surface area contributed by atoms with Gasteiger partial charge in [-0.15, -0.1) is 0 Å². The third-order valence-electron chi connectivity index (χ3n) is 2.45. The maximum atomic E-state index is 13.0. The molecule has 0 bridgehead atoms. The minimum atomic E-state index is -0.279. The molecule has 1 atom stereocenters. The number of hydrogen-bond donors (Lipinski definition) is 1. The third-order valence-corrected chi connectivity index (χ3v) is 2.91. The van der Waals surface area contributed by atoms with Crippen LogP contribution in [0.15, 0.2) is 22.7 Å². The maximum absolute atomic E-state index is 13.0. The monoisotopic (exact) mass is 273 g/mol. The van der Waals surface area contributed by atoms with Crippen molar-refractivity contribution in [3.8, 4) is 5.75 Å². The average Bonchev–Trinajstić information content (AvgIpc) is 2.65. The summed E-state index contributed by atoms with van der Waals surface area (Å²) in [4.78, 5) is 0. The van der Waals surface area contributed by atoms with Gasteiger partial charge < -0.3 is 10.1 Å². The molecule has 0 aromatic heterocycles. The first kappa shape index (κ1) is 10.9. The van der Waals surface area contributed by atoms with Crippen LogP contribution in [0, 0.1) is 5.82 Å². The Hall–Kier alpha value is -0.610. The van der Waals surface area contributed by atoms with E-state index in [4.69, 9.17) is 4.74 Å². The molecule has 1 aromatic rings. The highest BCUT2D eigenvalue weighted by molar-refractivity contribution is 9.10. The summed E-state index contributed by atoms with van der Waals surface area (Å²) in [5.74, 6) is 0.300. The lowest BCUT2D eigenvalue weighted by Gasteiger charge is -2.12. The molecule has 1 N–H and O–H groups in total. The van der Waals surface area contributed by atoms with E-state index in [1.54, 1.807) is 6.07 Å². The van der Waals surface area contributed by atoms with E-state index >= 15 is 0 Å². The molecule has 1 aliphatic rings. The Morgan fingerprint density at radius 3 is 3.00 bits per heavy atom. The summed E-state index contributed by atoms with van der Waals surface area (Å²) in [6.07, 6.45) is 2.33. The van der Waals surface area contributed by atoms with Gasteiger partial charge in [-0.1, -0.05) is 15.9 Å². The number of halogens is 2. The van der Waals surface area contributed by atoms with Crippen molar-refractivity contribution in [3.05, 3.63) is 28.5 Å². The first-order valence-electron chi connectivity index (χ1n) is 5.06. The molecule has 0 aliphatic carbocycles. The third kappa shape index (κ3) is 3.18. The summed E-state index contributed by atoms with van der Waals surface area (Å²) < 4.78 is 19.2. The highest BCUT2D eigenvalue weighted by Gasteiger charge is 2.14. The van der Waals surface area contributed by atoms with E-state index in [0.717, 1.165) is 13.0 Å². The van der Waals surface area contributed by atoms with Crippen molar-refractivity contribution in [1.29, 1.82) is 0 Å². The standard InChI is InChI=1S/C11H13BrFNO/c12-8-4-9(13)6-11(5-8)15-7-10-2-1-3-14-10/h4-6,10,14H,1-3,7H2/t10-/m0/s1. The summed E-state index contributed by atoms with van der Waals surface area (Å²) >= 11 is 3.23. The number of rotatable bonds is 3. The first-order chi connectivity index (χ1) is 7.24. The van der Waals surface area contributed by atoms with Gasteiger partial charge >= 0.3 is 0 Å². The van der Waals surface area contributed by atoms with Crippen molar-refractivity contribution >= 4 is 15.9 Å². The number of nitrogens with one attached hydrogen (secondary N) is 1. The van der Waals surface area contributed by atoms with Crippen molar-refractivity contribution in [2.45, 2.75) is 18.9 Å². The highest BCUT2D eigenvalue weighted by Crippen LogP contribution is 2.21. The number of ether oxygens (including phenoxy) is 1. The van der Waals surface area contributed by atoms with Crippen molar-refractivity contribution < 1.29 is 9.13 Å². The van der Waals surface area contributed by atoms with Crippen molar-refractivity contribution in [3.63, 3.8) is 0 Å². The predicted molar refractivity (Wildman–Crippen MR) is 60.6 cm³/mol. The van der Waals surface area contributed by atoms with E-state index < -0.39 is 0 Å². The Morgan fingerprint density at radius 1 is 1.47 bits per heavy atom. The van der Waals surface area contributed by atoms with E-state index in [2.05, 4.69) is 21.2 Å². The maximum Gasteiger partial charge on any atom is 0.128 e. The van der Waals surface area contributed by atoms with Crippen LogP contribution in [-0.4, -0.2) is 19.2 Å². The molecule has 0 spiro atoms. The normalized spacial score (nSPS) is 20.5. The fourth-order valence-electron chi connectivity index (χ4n) is 1.71. The molecule has 1 fully saturated rings. The molecule has 0 amide bonds. The second kappa shape index (κ2) is 4.94. The summed E-state index contributed by atoms with van der Waals surface area (Å²) in [6, 6.07) is 5.00. The van der Waals surface area contributed by atoms with Gasteiger partial charge in [0.25, 0.3) is 0 Å². The van der Waals surface area contributed by atoms with Gasteiger partial charge in [0.1, 0.15) is 18.2 Å². The quantitative estimate of drug-likeness (QED) is 0.915. The molecule has 0 unspecified atom stereocenters. The molecule has 0 radical (unpaired) electrons. The minimum absolute atomic E-state index is 0.279. The molecule has 1 aliphatic heterocycles. The summed E-state index contributed by atoms with van der Waals surface area (Å²) in [5, 5.41) is 3.33. The number of benzene rings is 1. The Balaban J connectivity index is 1.92. The van der Waals surface area contributed by atoms with E-state index in [1.165, 1.54) is 18.6 Å². The second-order valence-corrected chi connectivity index (χ2v) is 4.63. The fourth-order valence-corrected chi connectivity index (χ4v) is 2.15. The Bertz CT molecular complexity index is 319. The van der Waals surface area contributed by atoms with Crippen LogP contribution in [0.2, 0.25) is 0 Å². The van der Waals surface area contributed by atoms with Crippen LogP contribution in [0.25, 0.3) is 0 Å². The van der Waals surface area contributed by atoms with Gasteiger partial charge in [-0.2, -0.15) is 0 Å². The lowest BCUT2D eigenvalue weighted by molar-refractivity contribution is 0.276. The average molecular weight is 274 g/mol. The SMILES string of the molecule is Fc1cc(Br)cc(OC[C@@H]2CCCN2)c1. The topological polar surface area (TPSA) is 21.3 Å². The van der Waals surface area contributed by atoms with Crippen molar-refractivity contribution in [2.24, 2.45) is 0 Å². The zero-order valence-electron chi connectivity index (χ0n) is 8.30. The zero-order valence-corrected chi connectivity index (χ0v) is 9.89. The van der Waals surface area contributed by atoms with Crippen LogP contribution >= 0.6 is 15.9 Å². The lowest BCUT2D eigenvalue weighted by Crippen LogP contribution is -2.28. The van der Waals surface area contributed by atoms with Crippen molar-refractivity contribution in [2.75, 3.05) is 13.2 Å². The van der Waals surface area contributed by atoms with Crippen molar-refractivity contribution in [1.82, 2.24) is 5.32 Å². The van der Waals surface area contributed by atoms with Gasteiger partial charge in [0, 0.05) is 16.6 Å². The summed E-state index contributed by atoms with van der Waals surface area (Å²) in [7, 11) is 0. The van der Waals surface area contributed by atoms with Gasteiger partial charge in [-0.05, 0) is 31.5 Å². The van der Waals surface area contributed by atoms with Gasteiger partial charge in [-0.25, -0.2) is 4.39 Å². The predicted octanol–water partition coefficient (Wildman–Crippen LogP) is 2.72. The van der Waals surface area contributed by atoms with Crippen LogP contribution in [0.1, 0.15) is 12.8 Å².